The first kappa shape index (κ1) is 18.7. The van der Waals surface area contributed by atoms with Crippen molar-refractivity contribution in [2.24, 2.45) is 5.92 Å². The number of carbonyl (C=O) groups excluding carboxylic acids is 1. The van der Waals surface area contributed by atoms with E-state index >= 15 is 0 Å². The summed E-state index contributed by atoms with van der Waals surface area (Å²) < 4.78 is 13.1. The molecule has 0 aliphatic carbocycles. The number of carbonyl (C=O) groups is 1. The molecule has 1 saturated heterocycles. The van der Waals surface area contributed by atoms with Gasteiger partial charge in [-0.15, -0.1) is 10.2 Å². The van der Waals surface area contributed by atoms with E-state index in [9.17, 15) is 9.18 Å². The minimum atomic E-state index is -0.270. The molecular weight excluding hydrogens is 379 g/mol. The molecule has 0 radical (unpaired) electrons. The first-order valence-corrected chi connectivity index (χ1v) is 10.4. The van der Waals surface area contributed by atoms with Crippen LogP contribution in [0, 0.1) is 11.7 Å². The fraction of sp³-hybridized carbons (Fsp3) is 0.292. The monoisotopic (exact) mass is 402 g/mol. The number of halogens is 1. The molecule has 0 saturated carbocycles. The summed E-state index contributed by atoms with van der Waals surface area (Å²) in [4.78, 5) is 17.3. The second-order valence-electron chi connectivity index (χ2n) is 7.94. The average Bonchev–Trinajstić information content (AvgIpc) is 3.23. The molecule has 1 aromatic heterocycles. The van der Waals surface area contributed by atoms with E-state index in [-0.39, 0.29) is 17.6 Å². The fourth-order valence-corrected chi connectivity index (χ4v) is 4.44. The molecule has 2 aromatic carbocycles. The molecule has 0 N–H and O–H groups in total. The van der Waals surface area contributed by atoms with E-state index in [0.717, 1.165) is 49.4 Å². The van der Waals surface area contributed by atoms with E-state index < -0.39 is 0 Å². The molecule has 152 valence electrons. The number of amides is 1. The summed E-state index contributed by atoms with van der Waals surface area (Å²) in [6, 6.07) is 18.2. The highest BCUT2D eigenvalue weighted by Crippen LogP contribution is 2.31. The first-order valence-electron chi connectivity index (χ1n) is 10.4. The lowest BCUT2D eigenvalue weighted by Gasteiger charge is -2.34. The molecule has 3 heterocycles. The van der Waals surface area contributed by atoms with Crippen LogP contribution in [0.25, 0.3) is 11.3 Å². The van der Waals surface area contributed by atoms with E-state index in [1.54, 1.807) is 12.1 Å². The van der Waals surface area contributed by atoms with Crippen molar-refractivity contribution in [3.8, 4) is 11.3 Å². The highest BCUT2D eigenvalue weighted by Gasteiger charge is 2.33. The van der Waals surface area contributed by atoms with Crippen LogP contribution in [-0.4, -0.2) is 35.7 Å². The normalized spacial score (nSPS) is 18.4. The van der Waals surface area contributed by atoms with Gasteiger partial charge in [-0.3, -0.25) is 4.79 Å². The minimum Gasteiger partial charge on any atom is -0.354 e. The van der Waals surface area contributed by atoms with Crippen molar-refractivity contribution in [3.63, 3.8) is 0 Å². The van der Waals surface area contributed by atoms with E-state index in [0.29, 0.717) is 12.2 Å². The van der Waals surface area contributed by atoms with Crippen LogP contribution in [-0.2, 0) is 11.2 Å². The number of aromatic nitrogens is 2. The van der Waals surface area contributed by atoms with E-state index in [1.807, 2.05) is 35.2 Å². The largest absolute Gasteiger partial charge is 0.354 e. The van der Waals surface area contributed by atoms with Gasteiger partial charge in [0.2, 0.25) is 5.91 Å². The summed E-state index contributed by atoms with van der Waals surface area (Å²) in [6.45, 7) is 2.29. The molecule has 1 atom stereocenters. The topological polar surface area (TPSA) is 49.3 Å². The van der Waals surface area contributed by atoms with Crippen molar-refractivity contribution in [1.29, 1.82) is 0 Å². The summed E-state index contributed by atoms with van der Waals surface area (Å²) in [7, 11) is 0. The summed E-state index contributed by atoms with van der Waals surface area (Å²) in [5, 5.41) is 8.71. The van der Waals surface area contributed by atoms with Crippen LogP contribution >= 0.6 is 0 Å². The van der Waals surface area contributed by atoms with Crippen molar-refractivity contribution < 1.29 is 9.18 Å². The van der Waals surface area contributed by atoms with E-state index in [1.165, 1.54) is 17.7 Å². The van der Waals surface area contributed by atoms with Gasteiger partial charge in [0.15, 0.2) is 5.82 Å². The lowest BCUT2D eigenvalue weighted by Crippen LogP contribution is -2.45. The summed E-state index contributed by atoms with van der Waals surface area (Å²) >= 11 is 0. The molecule has 3 aromatic rings. The number of nitrogens with zero attached hydrogens (tertiary/aromatic N) is 4. The van der Waals surface area contributed by atoms with Crippen LogP contribution in [0.5, 0.6) is 0 Å². The van der Waals surface area contributed by atoms with Crippen molar-refractivity contribution >= 4 is 17.4 Å². The molecule has 1 fully saturated rings. The third kappa shape index (κ3) is 3.54. The number of para-hydroxylation sites is 1. The standard InChI is InChI=1S/C24H23FN4O/c25-20-9-7-17(8-10-20)21-11-12-23(27-26-21)28-14-3-5-19(16-28)24(30)29-15-13-18-4-1-2-6-22(18)29/h1-2,4,6-12,19H,3,5,13-16H2. The number of anilines is 2. The van der Waals surface area contributed by atoms with Gasteiger partial charge in [-0.1, -0.05) is 18.2 Å². The Morgan fingerprint density at radius 1 is 0.967 bits per heavy atom. The Balaban J connectivity index is 1.30. The Morgan fingerprint density at radius 3 is 2.60 bits per heavy atom. The van der Waals surface area contributed by atoms with Crippen LogP contribution in [0.15, 0.2) is 60.7 Å². The molecule has 0 bridgehead atoms. The Hall–Kier alpha value is -3.28. The van der Waals surface area contributed by atoms with Gasteiger partial charge in [0, 0.05) is 30.9 Å². The Morgan fingerprint density at radius 2 is 1.80 bits per heavy atom. The second kappa shape index (κ2) is 7.86. The van der Waals surface area contributed by atoms with Crippen molar-refractivity contribution in [2.45, 2.75) is 19.3 Å². The third-order valence-electron chi connectivity index (χ3n) is 6.04. The summed E-state index contributed by atoms with van der Waals surface area (Å²) in [6.07, 6.45) is 2.77. The van der Waals surface area contributed by atoms with E-state index in [2.05, 4.69) is 21.2 Å². The SMILES string of the molecule is O=C(C1CCCN(c2ccc(-c3ccc(F)cc3)nn2)C1)N1CCc2ccccc21. The maximum Gasteiger partial charge on any atom is 0.231 e. The highest BCUT2D eigenvalue weighted by molar-refractivity contribution is 5.97. The van der Waals surface area contributed by atoms with Gasteiger partial charge in [-0.05, 0) is 67.3 Å². The molecule has 0 spiro atoms. The van der Waals surface area contributed by atoms with Crippen molar-refractivity contribution in [2.75, 3.05) is 29.4 Å². The van der Waals surface area contributed by atoms with Gasteiger partial charge >= 0.3 is 0 Å². The number of benzene rings is 2. The van der Waals surface area contributed by atoms with E-state index in [4.69, 9.17) is 0 Å². The van der Waals surface area contributed by atoms with Crippen LogP contribution in [0.3, 0.4) is 0 Å². The molecule has 1 unspecified atom stereocenters. The van der Waals surface area contributed by atoms with Crippen molar-refractivity contribution in [1.82, 2.24) is 10.2 Å². The van der Waals surface area contributed by atoms with Crippen LogP contribution in [0.4, 0.5) is 15.9 Å². The Labute approximate surface area is 175 Å². The zero-order valence-electron chi connectivity index (χ0n) is 16.7. The highest BCUT2D eigenvalue weighted by atomic mass is 19.1. The van der Waals surface area contributed by atoms with Crippen LogP contribution in [0.1, 0.15) is 18.4 Å². The molecule has 2 aliphatic rings. The van der Waals surface area contributed by atoms with Gasteiger partial charge in [0.1, 0.15) is 5.82 Å². The number of hydrogen-bond donors (Lipinski definition) is 0. The average molecular weight is 402 g/mol. The van der Waals surface area contributed by atoms with Crippen LogP contribution in [0.2, 0.25) is 0 Å². The minimum absolute atomic E-state index is 0.0384. The molecule has 30 heavy (non-hydrogen) atoms. The quantitative estimate of drug-likeness (QED) is 0.662. The molecule has 5 nitrogen and oxygen atoms in total. The first-order chi connectivity index (χ1) is 14.7. The predicted octanol–water partition coefficient (Wildman–Crippen LogP) is 4.09. The van der Waals surface area contributed by atoms with Crippen molar-refractivity contribution in [3.05, 3.63) is 72.0 Å². The molecular formula is C24H23FN4O. The molecule has 5 rings (SSSR count). The number of hydrogen-bond acceptors (Lipinski definition) is 4. The molecule has 1 amide bonds. The summed E-state index contributed by atoms with van der Waals surface area (Å²) in [5.74, 6) is 0.678. The van der Waals surface area contributed by atoms with Gasteiger partial charge in [0.25, 0.3) is 0 Å². The zero-order chi connectivity index (χ0) is 20.5. The lowest BCUT2D eigenvalue weighted by molar-refractivity contribution is -0.122. The Bertz CT molecular complexity index is 1050. The van der Waals surface area contributed by atoms with Gasteiger partial charge < -0.3 is 9.80 Å². The maximum atomic E-state index is 13.2. The fourth-order valence-electron chi connectivity index (χ4n) is 4.44. The van der Waals surface area contributed by atoms with Gasteiger partial charge in [-0.25, -0.2) is 4.39 Å². The van der Waals surface area contributed by atoms with Gasteiger partial charge in [0.05, 0.1) is 11.6 Å². The molecule has 6 heteroatoms. The van der Waals surface area contributed by atoms with Crippen LogP contribution < -0.4 is 9.80 Å². The lowest BCUT2D eigenvalue weighted by atomic mass is 9.96. The number of piperidine rings is 1. The Kier molecular flexibility index (Phi) is 4.91. The number of rotatable bonds is 3. The van der Waals surface area contributed by atoms with Gasteiger partial charge in [-0.2, -0.15) is 0 Å². The zero-order valence-corrected chi connectivity index (χ0v) is 16.7. The predicted molar refractivity (Wildman–Crippen MR) is 115 cm³/mol. The third-order valence-corrected chi connectivity index (χ3v) is 6.04. The molecule has 2 aliphatic heterocycles. The second-order valence-corrected chi connectivity index (χ2v) is 7.94. The maximum absolute atomic E-state index is 13.2. The summed E-state index contributed by atoms with van der Waals surface area (Å²) in [5.41, 5.74) is 3.84. The number of fused-ring (bicyclic) bond motifs is 1. The smallest absolute Gasteiger partial charge is 0.231 e.